The zero-order valence-corrected chi connectivity index (χ0v) is 15.9. The molecule has 1 aliphatic heterocycles. The summed E-state index contributed by atoms with van der Waals surface area (Å²) < 4.78 is 5.51. The van der Waals surface area contributed by atoms with Crippen molar-refractivity contribution in [2.45, 2.75) is 51.6 Å². The molecule has 27 heavy (non-hydrogen) atoms. The molecular weight excluding hydrogens is 340 g/mol. The Labute approximate surface area is 160 Å². The highest BCUT2D eigenvalue weighted by Gasteiger charge is 2.54. The van der Waals surface area contributed by atoms with Crippen molar-refractivity contribution in [3.05, 3.63) is 29.8 Å². The van der Waals surface area contributed by atoms with Crippen LogP contribution in [0.15, 0.2) is 24.3 Å². The number of aryl methyl sites for hydroxylation is 1. The molecule has 4 bridgehead atoms. The highest BCUT2D eigenvalue weighted by Crippen LogP contribution is 2.60. The van der Waals surface area contributed by atoms with Gasteiger partial charge in [-0.25, -0.2) is 4.79 Å². The number of hydrogen-bond donors (Lipinski definition) is 1. The Morgan fingerprint density at radius 1 is 1.19 bits per heavy atom. The summed E-state index contributed by atoms with van der Waals surface area (Å²) in [7, 11) is 0. The van der Waals surface area contributed by atoms with E-state index in [1.54, 1.807) is 4.90 Å². The van der Waals surface area contributed by atoms with Crippen LogP contribution in [-0.2, 0) is 9.53 Å². The van der Waals surface area contributed by atoms with Gasteiger partial charge in [-0.15, -0.1) is 0 Å². The number of nitrogens with zero attached hydrogens (tertiary/aromatic N) is 1. The lowest BCUT2D eigenvalue weighted by Crippen LogP contribution is -2.54. The molecule has 1 aromatic rings. The first kappa shape index (κ1) is 17.1. The second kappa shape index (κ2) is 6.25. The van der Waals surface area contributed by atoms with Crippen LogP contribution in [0.5, 0.6) is 0 Å². The minimum Gasteiger partial charge on any atom is -0.442 e. The van der Waals surface area contributed by atoms with Gasteiger partial charge in [-0.1, -0.05) is 12.1 Å². The van der Waals surface area contributed by atoms with Crippen LogP contribution in [0.25, 0.3) is 0 Å². The number of ether oxygens (including phenoxy) is 1. The smallest absolute Gasteiger partial charge is 0.414 e. The van der Waals surface area contributed by atoms with Crippen LogP contribution < -0.4 is 10.2 Å². The van der Waals surface area contributed by atoms with Crippen molar-refractivity contribution in [2.75, 3.05) is 18.0 Å². The van der Waals surface area contributed by atoms with Crippen LogP contribution in [0.4, 0.5) is 10.5 Å². The normalized spacial score (nSPS) is 36.8. The fraction of sp³-hybridized carbons (Fsp3) is 0.636. The van der Waals surface area contributed by atoms with E-state index >= 15 is 0 Å². The molecular formula is C22H28N2O3. The van der Waals surface area contributed by atoms with Crippen LogP contribution in [0.2, 0.25) is 0 Å². The average Bonchev–Trinajstić information content (AvgIpc) is 2.99. The van der Waals surface area contributed by atoms with E-state index in [9.17, 15) is 9.59 Å². The van der Waals surface area contributed by atoms with Crippen molar-refractivity contribution >= 4 is 17.7 Å². The number of hydrogen-bond acceptors (Lipinski definition) is 3. The molecule has 0 aromatic heterocycles. The topological polar surface area (TPSA) is 58.6 Å². The third-order valence-electron chi connectivity index (χ3n) is 7.20. The second-order valence-corrected chi connectivity index (χ2v) is 9.36. The molecule has 5 heteroatoms. The van der Waals surface area contributed by atoms with Crippen molar-refractivity contribution in [3.63, 3.8) is 0 Å². The first-order valence-corrected chi connectivity index (χ1v) is 10.3. The molecule has 1 N–H and O–H groups in total. The summed E-state index contributed by atoms with van der Waals surface area (Å²) in [6.07, 6.45) is 6.57. The van der Waals surface area contributed by atoms with Crippen molar-refractivity contribution in [1.29, 1.82) is 0 Å². The summed E-state index contributed by atoms with van der Waals surface area (Å²) in [5.74, 6) is 2.46. The van der Waals surface area contributed by atoms with E-state index < -0.39 is 0 Å². The molecule has 0 spiro atoms. The molecule has 1 atom stereocenters. The van der Waals surface area contributed by atoms with Gasteiger partial charge in [0.1, 0.15) is 6.10 Å². The Hall–Kier alpha value is -2.04. The zero-order chi connectivity index (χ0) is 18.6. The number of cyclic esters (lactones) is 1. The Morgan fingerprint density at radius 3 is 2.48 bits per heavy atom. The highest BCUT2D eigenvalue weighted by molar-refractivity contribution is 5.90. The predicted molar refractivity (Wildman–Crippen MR) is 102 cm³/mol. The maximum absolute atomic E-state index is 13.1. The number of anilines is 1. The maximum atomic E-state index is 13.1. The largest absolute Gasteiger partial charge is 0.442 e. The summed E-state index contributed by atoms with van der Waals surface area (Å²) in [6.45, 7) is 2.91. The van der Waals surface area contributed by atoms with Gasteiger partial charge in [-0.05, 0) is 80.9 Å². The molecule has 5 nitrogen and oxygen atoms in total. The fourth-order valence-corrected chi connectivity index (χ4v) is 6.42. The third kappa shape index (κ3) is 3.01. The molecule has 1 aromatic carbocycles. The fourth-order valence-electron chi connectivity index (χ4n) is 6.42. The Balaban J connectivity index is 1.21. The zero-order valence-electron chi connectivity index (χ0n) is 15.9. The van der Waals surface area contributed by atoms with E-state index in [4.69, 9.17) is 4.74 Å². The van der Waals surface area contributed by atoms with E-state index in [1.807, 2.05) is 31.2 Å². The van der Waals surface area contributed by atoms with Crippen LogP contribution in [0, 0.1) is 30.1 Å². The number of benzene rings is 1. The summed E-state index contributed by atoms with van der Waals surface area (Å²) in [4.78, 5) is 27.0. The molecule has 4 saturated carbocycles. The highest BCUT2D eigenvalue weighted by atomic mass is 16.6. The monoisotopic (exact) mass is 368 g/mol. The summed E-state index contributed by atoms with van der Waals surface area (Å²) >= 11 is 0. The molecule has 6 rings (SSSR count). The van der Waals surface area contributed by atoms with Gasteiger partial charge in [0.05, 0.1) is 13.1 Å². The summed E-state index contributed by atoms with van der Waals surface area (Å²) in [5, 5.41) is 3.14. The van der Waals surface area contributed by atoms with Gasteiger partial charge in [0.15, 0.2) is 0 Å². The summed E-state index contributed by atoms with van der Waals surface area (Å²) in [6, 6.07) is 7.86. The first-order chi connectivity index (χ1) is 13.0. The van der Waals surface area contributed by atoms with Crippen LogP contribution >= 0.6 is 0 Å². The van der Waals surface area contributed by atoms with Crippen molar-refractivity contribution in [3.8, 4) is 0 Å². The van der Waals surface area contributed by atoms with Gasteiger partial charge in [-0.3, -0.25) is 9.69 Å². The molecule has 1 saturated heterocycles. The molecule has 5 fully saturated rings. The van der Waals surface area contributed by atoms with Gasteiger partial charge in [0.2, 0.25) is 5.91 Å². The summed E-state index contributed by atoms with van der Waals surface area (Å²) in [5.41, 5.74) is 1.82. The standard InChI is InChI=1S/C22H28N2O3/c1-14-3-2-4-18(5-14)24-13-19(27-21(24)26)12-23-20(25)22-9-15-6-16(10-22)8-17(7-15)11-22/h2-5,15-17,19H,6-13H2,1H3,(H,23,25). The lowest BCUT2D eigenvalue weighted by Gasteiger charge is -2.55. The van der Waals surface area contributed by atoms with E-state index in [1.165, 1.54) is 19.3 Å². The Bertz CT molecular complexity index is 739. The quantitative estimate of drug-likeness (QED) is 0.882. The van der Waals surface area contributed by atoms with E-state index in [0.29, 0.717) is 13.1 Å². The first-order valence-electron chi connectivity index (χ1n) is 10.3. The molecule has 4 aliphatic carbocycles. The van der Waals surface area contributed by atoms with Gasteiger partial charge in [-0.2, -0.15) is 0 Å². The number of rotatable bonds is 4. The minimum atomic E-state index is -0.324. The molecule has 2 amide bonds. The maximum Gasteiger partial charge on any atom is 0.414 e. The van der Waals surface area contributed by atoms with Crippen LogP contribution in [0.1, 0.15) is 44.1 Å². The Kier molecular flexibility index (Phi) is 3.95. The van der Waals surface area contributed by atoms with E-state index in [0.717, 1.165) is 48.3 Å². The van der Waals surface area contributed by atoms with Crippen molar-refractivity contribution < 1.29 is 14.3 Å². The van der Waals surface area contributed by atoms with Crippen LogP contribution in [0.3, 0.4) is 0 Å². The van der Waals surface area contributed by atoms with Crippen molar-refractivity contribution in [2.24, 2.45) is 23.2 Å². The average molecular weight is 368 g/mol. The predicted octanol–water partition coefficient (Wildman–Crippen LogP) is 3.65. The molecule has 1 heterocycles. The minimum absolute atomic E-state index is 0.145. The Morgan fingerprint density at radius 2 is 1.85 bits per heavy atom. The van der Waals surface area contributed by atoms with E-state index in [2.05, 4.69) is 5.32 Å². The lowest BCUT2D eigenvalue weighted by molar-refractivity contribution is -0.146. The number of nitrogens with one attached hydrogen (secondary N) is 1. The SMILES string of the molecule is Cc1cccc(N2CC(CNC(=O)C34CC5CC(CC(C5)C3)C4)OC2=O)c1. The van der Waals surface area contributed by atoms with Gasteiger partial charge in [0.25, 0.3) is 0 Å². The number of carbonyl (C=O) groups excluding carboxylic acids is 2. The molecule has 5 aliphatic rings. The molecule has 144 valence electrons. The third-order valence-corrected chi connectivity index (χ3v) is 7.20. The number of carbonyl (C=O) groups is 2. The number of amides is 2. The molecule has 0 radical (unpaired) electrons. The van der Waals surface area contributed by atoms with Crippen molar-refractivity contribution in [1.82, 2.24) is 5.32 Å². The van der Waals surface area contributed by atoms with Gasteiger partial charge in [0, 0.05) is 11.1 Å². The van der Waals surface area contributed by atoms with Gasteiger partial charge >= 0.3 is 6.09 Å². The van der Waals surface area contributed by atoms with Gasteiger partial charge < -0.3 is 10.1 Å². The molecule has 1 unspecified atom stereocenters. The second-order valence-electron chi connectivity index (χ2n) is 9.36. The van der Waals surface area contributed by atoms with E-state index in [-0.39, 0.29) is 23.5 Å². The van der Waals surface area contributed by atoms with Crippen LogP contribution in [-0.4, -0.2) is 31.2 Å². The lowest BCUT2D eigenvalue weighted by atomic mass is 9.49.